The lowest BCUT2D eigenvalue weighted by Crippen LogP contribution is -2.65. The van der Waals surface area contributed by atoms with Crippen molar-refractivity contribution in [1.29, 1.82) is 0 Å². The van der Waals surface area contributed by atoms with Crippen LogP contribution in [-0.4, -0.2) is 193 Å². The number of hydrogen-bond donors (Lipinski definition) is 11. The molecule has 4 aliphatic heterocycles. The first-order valence-electron chi connectivity index (χ1n) is 23.5. The van der Waals surface area contributed by atoms with Gasteiger partial charge in [0.2, 0.25) is 0 Å². The molecule has 18 heteroatoms. The lowest BCUT2D eigenvalue weighted by molar-refractivity contribution is -0.373. The van der Waals surface area contributed by atoms with E-state index in [4.69, 9.17) is 33.2 Å². The summed E-state index contributed by atoms with van der Waals surface area (Å²) in [4.78, 5) is 0. The molecule has 0 radical (unpaired) electrons. The Kier molecular flexibility index (Phi) is 14.8. The SMILES string of the molecule is C=C1C(CCC(C)COC2C(CO)OC(O)C(O)C2O)OC2CC3C4CCC5CC(OC6OC(CO)C(O)C(O)C6OC6OC(CO)C(O)C(O)C6O)CC[C@]5(C)C4CC[C@]3(C)[C@@H]12. The van der Waals surface area contributed by atoms with Crippen molar-refractivity contribution in [2.24, 2.45) is 46.3 Å². The summed E-state index contributed by atoms with van der Waals surface area (Å²) in [5.41, 5.74) is 1.35. The Labute approximate surface area is 369 Å². The second-order valence-corrected chi connectivity index (χ2v) is 20.9. The van der Waals surface area contributed by atoms with Gasteiger partial charge in [-0.15, -0.1) is 0 Å². The quantitative estimate of drug-likeness (QED) is 0.0767. The molecular weight excluding hydrogens is 828 g/mol. The molecule has 11 N–H and O–H groups in total. The summed E-state index contributed by atoms with van der Waals surface area (Å²) in [5, 5.41) is 113. The van der Waals surface area contributed by atoms with Crippen molar-refractivity contribution in [1.82, 2.24) is 0 Å². The molecule has 0 aromatic rings. The van der Waals surface area contributed by atoms with Crippen LogP contribution < -0.4 is 0 Å². The molecule has 18 nitrogen and oxygen atoms in total. The van der Waals surface area contributed by atoms with Crippen LogP contribution in [0.25, 0.3) is 0 Å². The molecule has 0 spiro atoms. The number of fused-ring (bicyclic) bond motifs is 7. The Bertz CT molecular complexity index is 1550. The van der Waals surface area contributed by atoms with Gasteiger partial charge in [0, 0.05) is 12.5 Å². The maximum Gasteiger partial charge on any atom is 0.187 e. The first kappa shape index (κ1) is 48.5. The van der Waals surface area contributed by atoms with Gasteiger partial charge >= 0.3 is 0 Å². The van der Waals surface area contributed by atoms with Crippen molar-refractivity contribution in [3.63, 3.8) is 0 Å². The number of rotatable bonds is 13. The van der Waals surface area contributed by atoms with Gasteiger partial charge in [-0.05, 0) is 110 Å². The minimum atomic E-state index is -1.74. The molecule has 4 heterocycles. The molecule has 362 valence electrons. The summed E-state index contributed by atoms with van der Waals surface area (Å²) >= 11 is 0. The van der Waals surface area contributed by atoms with Crippen molar-refractivity contribution >= 4 is 0 Å². The molecule has 0 aromatic carbocycles. The fourth-order valence-electron chi connectivity index (χ4n) is 13.8. The lowest BCUT2D eigenvalue weighted by Gasteiger charge is -2.61. The van der Waals surface area contributed by atoms with Crippen LogP contribution in [0.1, 0.15) is 85.0 Å². The van der Waals surface area contributed by atoms with Crippen LogP contribution in [0.5, 0.6) is 0 Å². The Hall–Kier alpha value is -0.980. The van der Waals surface area contributed by atoms with E-state index in [0.717, 1.165) is 57.8 Å². The largest absolute Gasteiger partial charge is 0.394 e. The van der Waals surface area contributed by atoms with Gasteiger partial charge in [-0.2, -0.15) is 0 Å². The van der Waals surface area contributed by atoms with Gasteiger partial charge in [-0.25, -0.2) is 0 Å². The average molecular weight is 903 g/mol. The zero-order chi connectivity index (χ0) is 45.3. The fourth-order valence-corrected chi connectivity index (χ4v) is 13.8. The highest BCUT2D eigenvalue weighted by Crippen LogP contribution is 2.70. The molecule has 63 heavy (non-hydrogen) atoms. The average Bonchev–Trinajstić information content (AvgIpc) is 3.75. The number of hydrogen-bond acceptors (Lipinski definition) is 18. The maximum atomic E-state index is 11.2. The van der Waals surface area contributed by atoms with Crippen LogP contribution in [0.15, 0.2) is 12.2 Å². The highest BCUT2D eigenvalue weighted by Gasteiger charge is 2.65. The summed E-state index contributed by atoms with van der Waals surface area (Å²) in [6, 6.07) is 0. The minimum Gasteiger partial charge on any atom is -0.394 e. The standard InChI is InChI=1S/C45H74O18/c1-19(18-57-39-30(17-48)60-41(56)37(54)36(39)53)5-8-26-20(2)31-27(59-26)14-25-23-7-6-21-13-22(9-11-44(21,3)24(23)10-12-45(25,31)4)58-43-40(35(52)33(50)29(16-47)62-43)63-42-38(55)34(51)32(49)28(15-46)61-42/h19,21-43,46-56H,2,5-18H2,1,3-4H3/t19?,21?,22?,23?,24?,25?,26?,27?,28?,29?,30?,31-,32?,33?,34?,35?,36?,37?,38?,39?,40?,41?,42?,43?,44-,45-/m0/s1. The number of ether oxygens (including phenoxy) is 7. The van der Waals surface area contributed by atoms with Gasteiger partial charge in [0.25, 0.3) is 0 Å². The summed E-state index contributed by atoms with van der Waals surface area (Å²) in [6.07, 6.45) is -12.3. The van der Waals surface area contributed by atoms with Gasteiger partial charge in [0.15, 0.2) is 18.9 Å². The van der Waals surface area contributed by atoms with Crippen LogP contribution in [-0.2, 0) is 33.2 Å². The van der Waals surface area contributed by atoms with E-state index in [9.17, 15) is 56.2 Å². The molecule has 23 unspecified atom stereocenters. The molecule has 8 rings (SSSR count). The molecule has 4 saturated carbocycles. The molecular formula is C45H74O18. The van der Waals surface area contributed by atoms with Crippen molar-refractivity contribution in [2.45, 2.75) is 195 Å². The molecule has 8 aliphatic rings. The van der Waals surface area contributed by atoms with E-state index in [-0.39, 0.29) is 47.6 Å². The first-order valence-corrected chi connectivity index (χ1v) is 23.5. The van der Waals surface area contributed by atoms with Crippen LogP contribution in [0.3, 0.4) is 0 Å². The Morgan fingerprint density at radius 1 is 0.651 bits per heavy atom. The second-order valence-electron chi connectivity index (χ2n) is 20.9. The van der Waals surface area contributed by atoms with Crippen molar-refractivity contribution in [2.75, 3.05) is 26.4 Å². The van der Waals surface area contributed by atoms with Gasteiger partial charge in [0.1, 0.15) is 73.2 Å². The van der Waals surface area contributed by atoms with Gasteiger partial charge in [-0.1, -0.05) is 27.4 Å². The summed E-state index contributed by atoms with van der Waals surface area (Å²) in [6.45, 7) is 10.2. The first-order chi connectivity index (χ1) is 29.9. The van der Waals surface area contributed by atoms with E-state index in [0.29, 0.717) is 30.1 Å². The van der Waals surface area contributed by atoms with Crippen molar-refractivity contribution in [3.8, 4) is 0 Å². The summed E-state index contributed by atoms with van der Waals surface area (Å²) in [7, 11) is 0. The highest BCUT2D eigenvalue weighted by atomic mass is 16.8. The molecule has 4 saturated heterocycles. The number of aliphatic hydroxyl groups is 11. The van der Waals surface area contributed by atoms with Crippen LogP contribution in [0, 0.1) is 46.3 Å². The van der Waals surface area contributed by atoms with E-state index in [1.165, 1.54) is 5.57 Å². The Morgan fingerprint density at radius 2 is 1.30 bits per heavy atom. The molecule has 0 aromatic heterocycles. The van der Waals surface area contributed by atoms with Gasteiger partial charge in [-0.3, -0.25) is 0 Å². The normalized spacial score (nSPS) is 53.9. The lowest BCUT2D eigenvalue weighted by atomic mass is 9.44. The molecule has 4 aliphatic carbocycles. The van der Waals surface area contributed by atoms with E-state index in [2.05, 4.69) is 20.4 Å². The Morgan fingerprint density at radius 3 is 2.00 bits per heavy atom. The maximum absolute atomic E-state index is 11.2. The molecule has 0 amide bonds. The van der Waals surface area contributed by atoms with Crippen LogP contribution in [0.2, 0.25) is 0 Å². The van der Waals surface area contributed by atoms with Gasteiger partial charge < -0.3 is 89.3 Å². The second kappa shape index (κ2) is 19.2. The minimum absolute atomic E-state index is 0.0559. The predicted octanol–water partition coefficient (Wildman–Crippen LogP) is -1.18. The molecule has 0 bridgehead atoms. The van der Waals surface area contributed by atoms with Crippen molar-refractivity contribution in [3.05, 3.63) is 12.2 Å². The Balaban J connectivity index is 0.861. The summed E-state index contributed by atoms with van der Waals surface area (Å²) < 4.78 is 42.0. The topological polar surface area (TPSA) is 287 Å². The highest BCUT2D eigenvalue weighted by molar-refractivity contribution is 5.25. The van der Waals surface area contributed by atoms with E-state index in [1.54, 1.807) is 0 Å². The zero-order valence-electron chi connectivity index (χ0n) is 36.7. The van der Waals surface area contributed by atoms with E-state index in [1.807, 2.05) is 6.92 Å². The monoisotopic (exact) mass is 902 g/mol. The van der Waals surface area contributed by atoms with Crippen LogP contribution in [0.4, 0.5) is 0 Å². The molecule has 8 fully saturated rings. The number of aliphatic hydroxyl groups excluding tert-OH is 11. The van der Waals surface area contributed by atoms with Gasteiger partial charge in [0.05, 0.1) is 38.1 Å². The zero-order valence-corrected chi connectivity index (χ0v) is 36.7. The van der Waals surface area contributed by atoms with Crippen LogP contribution >= 0.6 is 0 Å². The third-order valence-electron chi connectivity index (χ3n) is 17.4. The van der Waals surface area contributed by atoms with E-state index < -0.39 is 112 Å². The van der Waals surface area contributed by atoms with E-state index >= 15 is 0 Å². The third kappa shape index (κ3) is 8.73. The fraction of sp³-hybridized carbons (Fsp3) is 0.956. The summed E-state index contributed by atoms with van der Waals surface area (Å²) in [5.74, 6) is 2.34. The van der Waals surface area contributed by atoms with Crippen molar-refractivity contribution < 1.29 is 89.3 Å². The third-order valence-corrected chi connectivity index (χ3v) is 17.4. The predicted molar refractivity (Wildman–Crippen MR) is 218 cm³/mol. The smallest absolute Gasteiger partial charge is 0.187 e. The molecule has 26 atom stereocenters.